The van der Waals surface area contributed by atoms with Crippen molar-refractivity contribution in [3.8, 4) is 0 Å². The topological polar surface area (TPSA) is 101 Å². The molecule has 6 nitrogen and oxygen atoms in total. The van der Waals surface area contributed by atoms with Crippen molar-refractivity contribution in [2.75, 3.05) is 20.2 Å². The number of carbonyl (C=O) groups is 1. The van der Waals surface area contributed by atoms with Gasteiger partial charge in [0, 0.05) is 19.2 Å². The van der Waals surface area contributed by atoms with Crippen LogP contribution >= 0.6 is 0 Å². The molecule has 0 fully saturated rings. The standard InChI is InChI=1S/C10H19NO5/c1-6(2)10(16)11(3)4-7(13)9(15)8(14)5-12/h7-9,12-15H,1,4-5H2,2-3H3/t7-,8+,9+/m0/s1. The zero-order chi connectivity index (χ0) is 12.9. The summed E-state index contributed by atoms with van der Waals surface area (Å²) in [5.74, 6) is -0.357. The highest BCUT2D eigenvalue weighted by Crippen LogP contribution is 2.04. The molecule has 0 unspecified atom stereocenters. The summed E-state index contributed by atoms with van der Waals surface area (Å²) in [6.45, 7) is 4.18. The van der Waals surface area contributed by atoms with E-state index in [0.29, 0.717) is 5.57 Å². The van der Waals surface area contributed by atoms with Crippen LogP contribution in [-0.4, -0.2) is 69.7 Å². The summed E-state index contributed by atoms with van der Waals surface area (Å²) in [6, 6.07) is 0. The zero-order valence-corrected chi connectivity index (χ0v) is 9.50. The maximum atomic E-state index is 11.4. The summed E-state index contributed by atoms with van der Waals surface area (Å²) in [7, 11) is 1.44. The molecule has 94 valence electrons. The lowest BCUT2D eigenvalue weighted by atomic mass is 10.1. The van der Waals surface area contributed by atoms with Crippen molar-refractivity contribution in [2.45, 2.75) is 25.2 Å². The zero-order valence-electron chi connectivity index (χ0n) is 9.50. The lowest BCUT2D eigenvalue weighted by Crippen LogP contribution is -2.46. The van der Waals surface area contributed by atoms with Crippen LogP contribution in [0.15, 0.2) is 12.2 Å². The van der Waals surface area contributed by atoms with Gasteiger partial charge in [-0.2, -0.15) is 0 Å². The lowest BCUT2D eigenvalue weighted by Gasteiger charge is -2.26. The van der Waals surface area contributed by atoms with Gasteiger partial charge in [-0.3, -0.25) is 4.79 Å². The van der Waals surface area contributed by atoms with E-state index in [1.807, 2.05) is 0 Å². The molecule has 0 aromatic rings. The number of rotatable bonds is 6. The third-order valence-corrected chi connectivity index (χ3v) is 2.15. The SMILES string of the molecule is C=C(C)C(=O)N(C)C[C@H](O)[C@@H](O)[C@H](O)CO. The Balaban J connectivity index is 4.28. The third-order valence-electron chi connectivity index (χ3n) is 2.15. The molecular formula is C10H19NO5. The molecule has 0 radical (unpaired) electrons. The van der Waals surface area contributed by atoms with Gasteiger partial charge in [0.05, 0.1) is 6.61 Å². The normalized spacial score (nSPS) is 16.4. The fourth-order valence-electron chi connectivity index (χ4n) is 1.16. The van der Waals surface area contributed by atoms with Crippen molar-refractivity contribution in [1.29, 1.82) is 0 Å². The maximum absolute atomic E-state index is 11.4. The van der Waals surface area contributed by atoms with Crippen LogP contribution in [0.2, 0.25) is 0 Å². The van der Waals surface area contributed by atoms with Crippen molar-refractivity contribution in [1.82, 2.24) is 4.90 Å². The van der Waals surface area contributed by atoms with Crippen molar-refractivity contribution in [3.05, 3.63) is 12.2 Å². The molecule has 16 heavy (non-hydrogen) atoms. The maximum Gasteiger partial charge on any atom is 0.248 e. The van der Waals surface area contributed by atoms with Gasteiger partial charge in [-0.05, 0) is 6.92 Å². The van der Waals surface area contributed by atoms with Crippen molar-refractivity contribution in [3.63, 3.8) is 0 Å². The Labute approximate surface area is 94.4 Å². The van der Waals surface area contributed by atoms with Gasteiger partial charge in [-0.15, -0.1) is 0 Å². The van der Waals surface area contributed by atoms with Crippen LogP contribution < -0.4 is 0 Å². The summed E-state index contributed by atoms with van der Waals surface area (Å²) >= 11 is 0. The molecule has 0 aliphatic rings. The Morgan fingerprint density at radius 1 is 1.31 bits per heavy atom. The minimum absolute atomic E-state index is 0.149. The predicted molar refractivity (Wildman–Crippen MR) is 57.6 cm³/mol. The Hall–Kier alpha value is -0.950. The van der Waals surface area contributed by atoms with Crippen LogP contribution in [0.4, 0.5) is 0 Å². The average Bonchev–Trinajstić information content (AvgIpc) is 2.25. The van der Waals surface area contributed by atoms with Gasteiger partial charge in [0.15, 0.2) is 0 Å². The summed E-state index contributed by atoms with van der Waals surface area (Å²) in [5.41, 5.74) is 0.312. The van der Waals surface area contributed by atoms with Gasteiger partial charge < -0.3 is 25.3 Å². The molecule has 0 spiro atoms. The number of carbonyl (C=O) groups excluding carboxylic acids is 1. The van der Waals surface area contributed by atoms with Gasteiger partial charge in [0.25, 0.3) is 0 Å². The first-order valence-corrected chi connectivity index (χ1v) is 4.87. The fraction of sp³-hybridized carbons (Fsp3) is 0.700. The average molecular weight is 233 g/mol. The molecule has 0 bridgehead atoms. The van der Waals surface area contributed by atoms with E-state index in [-0.39, 0.29) is 12.5 Å². The van der Waals surface area contributed by atoms with Crippen LogP contribution in [0.25, 0.3) is 0 Å². The molecule has 1 amide bonds. The van der Waals surface area contributed by atoms with E-state index in [4.69, 9.17) is 10.2 Å². The first-order valence-electron chi connectivity index (χ1n) is 4.87. The van der Waals surface area contributed by atoms with Crippen LogP contribution in [0.5, 0.6) is 0 Å². The molecule has 0 saturated heterocycles. The van der Waals surface area contributed by atoms with Gasteiger partial charge in [-0.25, -0.2) is 0 Å². The summed E-state index contributed by atoms with van der Waals surface area (Å²) in [5, 5.41) is 36.5. The van der Waals surface area contributed by atoms with E-state index in [1.165, 1.54) is 18.9 Å². The Morgan fingerprint density at radius 2 is 1.81 bits per heavy atom. The molecule has 6 heteroatoms. The third kappa shape index (κ3) is 4.28. The Morgan fingerprint density at radius 3 is 2.19 bits per heavy atom. The van der Waals surface area contributed by atoms with Crippen molar-refractivity contribution in [2.24, 2.45) is 0 Å². The van der Waals surface area contributed by atoms with Crippen LogP contribution in [0.3, 0.4) is 0 Å². The minimum atomic E-state index is -1.50. The van der Waals surface area contributed by atoms with E-state index in [9.17, 15) is 15.0 Å². The van der Waals surface area contributed by atoms with E-state index < -0.39 is 24.9 Å². The molecule has 0 saturated carbocycles. The number of nitrogens with zero attached hydrogens (tertiary/aromatic N) is 1. The quantitative estimate of drug-likeness (QED) is 0.401. The number of amides is 1. The monoisotopic (exact) mass is 233 g/mol. The summed E-state index contributed by atoms with van der Waals surface area (Å²) < 4.78 is 0. The van der Waals surface area contributed by atoms with E-state index >= 15 is 0 Å². The Kier molecular flexibility index (Phi) is 6.20. The van der Waals surface area contributed by atoms with Gasteiger partial charge >= 0.3 is 0 Å². The van der Waals surface area contributed by atoms with E-state index in [0.717, 1.165) is 0 Å². The molecule has 0 aromatic carbocycles. The summed E-state index contributed by atoms with van der Waals surface area (Å²) in [4.78, 5) is 12.5. The van der Waals surface area contributed by atoms with Gasteiger partial charge in [0.1, 0.15) is 18.3 Å². The number of aliphatic hydroxyl groups excluding tert-OH is 4. The molecule has 0 aliphatic carbocycles. The second kappa shape index (κ2) is 6.59. The van der Waals surface area contributed by atoms with Crippen LogP contribution in [0, 0.1) is 0 Å². The van der Waals surface area contributed by atoms with Gasteiger partial charge in [-0.1, -0.05) is 6.58 Å². The lowest BCUT2D eigenvalue weighted by molar-refractivity contribution is -0.130. The molecule has 0 rings (SSSR count). The smallest absolute Gasteiger partial charge is 0.248 e. The number of aliphatic hydroxyl groups is 4. The Bertz CT molecular complexity index is 256. The molecule has 4 N–H and O–H groups in total. The van der Waals surface area contributed by atoms with Crippen LogP contribution in [-0.2, 0) is 4.79 Å². The number of hydrogen-bond donors (Lipinski definition) is 4. The highest BCUT2D eigenvalue weighted by atomic mass is 16.4. The predicted octanol–water partition coefficient (Wildman–Crippen LogP) is -1.90. The number of hydrogen-bond acceptors (Lipinski definition) is 5. The van der Waals surface area contributed by atoms with E-state index in [1.54, 1.807) is 0 Å². The molecule has 0 heterocycles. The molecular weight excluding hydrogens is 214 g/mol. The van der Waals surface area contributed by atoms with Gasteiger partial charge in [0.2, 0.25) is 5.91 Å². The number of likely N-dealkylation sites (N-methyl/N-ethyl adjacent to an activating group) is 1. The largest absolute Gasteiger partial charge is 0.394 e. The second-order valence-corrected chi connectivity index (χ2v) is 3.77. The van der Waals surface area contributed by atoms with Crippen molar-refractivity contribution >= 4 is 5.91 Å². The van der Waals surface area contributed by atoms with E-state index in [2.05, 4.69) is 6.58 Å². The molecule has 0 aromatic heterocycles. The molecule has 0 aliphatic heterocycles. The highest BCUT2D eigenvalue weighted by Gasteiger charge is 2.26. The second-order valence-electron chi connectivity index (χ2n) is 3.77. The molecule has 3 atom stereocenters. The first-order chi connectivity index (χ1) is 7.31. The fourth-order valence-corrected chi connectivity index (χ4v) is 1.16. The highest BCUT2D eigenvalue weighted by molar-refractivity contribution is 5.91. The summed E-state index contributed by atoms with van der Waals surface area (Å²) in [6.07, 6.45) is -4.25. The van der Waals surface area contributed by atoms with Crippen molar-refractivity contribution < 1.29 is 25.2 Å². The minimum Gasteiger partial charge on any atom is -0.394 e. The first kappa shape index (κ1) is 15.0. The van der Waals surface area contributed by atoms with Crippen LogP contribution in [0.1, 0.15) is 6.92 Å².